The van der Waals surface area contributed by atoms with Gasteiger partial charge < -0.3 is 25.0 Å². The van der Waals surface area contributed by atoms with Gasteiger partial charge in [-0.25, -0.2) is 4.79 Å². The second-order valence-corrected chi connectivity index (χ2v) is 9.58. The molecule has 1 aromatic rings. The van der Waals surface area contributed by atoms with Crippen LogP contribution in [0.5, 0.6) is 6.01 Å². The van der Waals surface area contributed by atoms with Crippen LogP contribution in [0.2, 0.25) is 0 Å². The van der Waals surface area contributed by atoms with Gasteiger partial charge in [0.2, 0.25) is 17.5 Å². The number of rotatable bonds is 12. The lowest BCUT2D eigenvalue weighted by Crippen LogP contribution is -2.50. The first-order valence-corrected chi connectivity index (χ1v) is 13.6. The summed E-state index contributed by atoms with van der Waals surface area (Å²) in [7, 11) is 0. The summed E-state index contributed by atoms with van der Waals surface area (Å²) in [5, 5.41) is 12.0. The zero-order valence-corrected chi connectivity index (χ0v) is 23.5. The standard InChI is InChI=1S/C27H39N7O6/c1-5-9-14-40-27-29-24(28)23(34(37)38)25(30-27)33-13-10-12-32(17-21(33)26(36)39-8-4)22(35)18-31-15-19(7-3)20(16-31)11-6-2/h6-7,11,21H,3,5,8-10,12-18H2,1-2,4H3,(H2,28,29,30)/b11-6-. The van der Waals surface area contributed by atoms with Crippen molar-refractivity contribution >= 4 is 29.2 Å². The van der Waals surface area contributed by atoms with Gasteiger partial charge in [0, 0.05) is 26.2 Å². The SMILES string of the molecule is C=CC1=C(/C=C\C)CN(CC(=O)N2CCCN(c3nc(OCCCC)nc(N)c3[N+](=O)[O-])C(C(=O)OCC)C2)C1. The van der Waals surface area contributed by atoms with Gasteiger partial charge in [0.25, 0.3) is 0 Å². The minimum atomic E-state index is -1.04. The number of allylic oxidation sites excluding steroid dienone is 1. The number of carbonyl (C=O) groups excluding carboxylic acids is 2. The lowest BCUT2D eigenvalue weighted by Gasteiger charge is -2.31. The first-order valence-electron chi connectivity index (χ1n) is 13.6. The monoisotopic (exact) mass is 557 g/mol. The van der Waals surface area contributed by atoms with Gasteiger partial charge >= 0.3 is 17.7 Å². The number of hydrogen-bond acceptors (Lipinski definition) is 11. The fourth-order valence-corrected chi connectivity index (χ4v) is 4.79. The highest BCUT2D eigenvalue weighted by Crippen LogP contribution is 2.35. The number of nitrogens with zero attached hydrogens (tertiary/aromatic N) is 6. The maximum absolute atomic E-state index is 13.4. The summed E-state index contributed by atoms with van der Waals surface area (Å²) >= 11 is 0. The minimum Gasteiger partial charge on any atom is -0.464 e. The fourth-order valence-electron chi connectivity index (χ4n) is 4.79. The van der Waals surface area contributed by atoms with Gasteiger partial charge in [-0.05, 0) is 37.8 Å². The number of ether oxygens (including phenoxy) is 2. The summed E-state index contributed by atoms with van der Waals surface area (Å²) in [5.41, 5.74) is 7.64. The third kappa shape index (κ3) is 7.34. The first-order chi connectivity index (χ1) is 19.2. The molecule has 1 amide bonds. The Labute approximate surface area is 234 Å². The van der Waals surface area contributed by atoms with Crippen LogP contribution in [0.4, 0.5) is 17.3 Å². The number of nitrogens with two attached hydrogens (primary N) is 1. The molecule has 0 spiro atoms. The second-order valence-electron chi connectivity index (χ2n) is 9.58. The van der Waals surface area contributed by atoms with E-state index in [0.717, 1.165) is 24.0 Å². The number of hydrogen-bond donors (Lipinski definition) is 1. The molecule has 2 N–H and O–H groups in total. The smallest absolute Gasteiger partial charge is 0.353 e. The molecule has 13 heteroatoms. The number of nitro groups is 1. The molecule has 0 saturated carbocycles. The number of nitrogen functional groups attached to an aromatic ring is 1. The van der Waals surface area contributed by atoms with E-state index in [9.17, 15) is 19.7 Å². The molecule has 13 nitrogen and oxygen atoms in total. The summed E-state index contributed by atoms with van der Waals surface area (Å²) in [5.74, 6) is -1.26. The molecule has 1 atom stereocenters. The normalized spacial score (nSPS) is 18.2. The Morgan fingerprint density at radius 1 is 1.23 bits per heavy atom. The number of esters is 1. The number of unbranched alkanes of at least 4 members (excludes halogenated alkanes) is 1. The molecular weight excluding hydrogens is 518 g/mol. The van der Waals surface area contributed by atoms with Crippen molar-refractivity contribution in [2.24, 2.45) is 0 Å². The Kier molecular flexibility index (Phi) is 11.0. The van der Waals surface area contributed by atoms with E-state index in [0.29, 0.717) is 32.7 Å². The molecule has 1 unspecified atom stereocenters. The summed E-state index contributed by atoms with van der Waals surface area (Å²) in [6, 6.07) is -1.15. The van der Waals surface area contributed by atoms with E-state index in [1.807, 2.05) is 30.9 Å². The highest BCUT2D eigenvalue weighted by Gasteiger charge is 2.39. The molecule has 1 fully saturated rings. The number of aromatic nitrogens is 2. The van der Waals surface area contributed by atoms with Gasteiger partial charge in [-0.15, -0.1) is 0 Å². The molecule has 2 aliphatic heterocycles. The largest absolute Gasteiger partial charge is 0.464 e. The fraction of sp³-hybridized carbons (Fsp3) is 0.556. The summed E-state index contributed by atoms with van der Waals surface area (Å²) in [6.45, 7) is 11.8. The highest BCUT2D eigenvalue weighted by molar-refractivity contribution is 5.85. The maximum Gasteiger partial charge on any atom is 0.353 e. The van der Waals surface area contributed by atoms with Gasteiger partial charge in [0.15, 0.2) is 0 Å². The van der Waals surface area contributed by atoms with Crippen molar-refractivity contribution in [3.05, 3.63) is 46.1 Å². The van der Waals surface area contributed by atoms with E-state index in [4.69, 9.17) is 15.2 Å². The van der Waals surface area contributed by atoms with Crippen LogP contribution in [0.25, 0.3) is 0 Å². The zero-order valence-electron chi connectivity index (χ0n) is 23.5. The van der Waals surface area contributed by atoms with E-state index >= 15 is 0 Å². The van der Waals surface area contributed by atoms with Crippen LogP contribution < -0.4 is 15.4 Å². The Hall–Kier alpha value is -4.00. The van der Waals surface area contributed by atoms with Crippen LogP contribution >= 0.6 is 0 Å². The Morgan fingerprint density at radius 3 is 2.62 bits per heavy atom. The van der Waals surface area contributed by atoms with Crippen LogP contribution in [0.3, 0.4) is 0 Å². The van der Waals surface area contributed by atoms with Crippen molar-refractivity contribution in [1.82, 2.24) is 19.8 Å². The molecule has 1 saturated heterocycles. The molecule has 0 bridgehead atoms. The van der Waals surface area contributed by atoms with Crippen LogP contribution in [0.1, 0.15) is 40.0 Å². The summed E-state index contributed by atoms with van der Waals surface area (Å²) in [4.78, 5) is 51.4. The van der Waals surface area contributed by atoms with Gasteiger partial charge in [-0.1, -0.05) is 38.2 Å². The molecule has 3 rings (SSSR count). The predicted octanol–water partition coefficient (Wildman–Crippen LogP) is 2.49. The van der Waals surface area contributed by atoms with E-state index in [-0.39, 0.29) is 49.8 Å². The molecule has 1 aromatic heterocycles. The van der Waals surface area contributed by atoms with Crippen molar-refractivity contribution in [2.75, 3.05) is 63.1 Å². The van der Waals surface area contributed by atoms with Gasteiger partial charge in [0.05, 0.1) is 31.2 Å². The number of carbonyl (C=O) groups is 2. The van der Waals surface area contributed by atoms with Crippen molar-refractivity contribution in [2.45, 2.75) is 46.1 Å². The lowest BCUT2D eigenvalue weighted by molar-refractivity contribution is -0.383. The van der Waals surface area contributed by atoms with Crippen LogP contribution in [-0.2, 0) is 14.3 Å². The zero-order chi connectivity index (χ0) is 29.2. The predicted molar refractivity (Wildman–Crippen MR) is 151 cm³/mol. The Bertz CT molecular complexity index is 1170. The molecule has 40 heavy (non-hydrogen) atoms. The van der Waals surface area contributed by atoms with Crippen LogP contribution in [0.15, 0.2) is 36.0 Å². The van der Waals surface area contributed by atoms with Crippen molar-refractivity contribution in [3.63, 3.8) is 0 Å². The van der Waals surface area contributed by atoms with E-state index < -0.39 is 22.6 Å². The Balaban J connectivity index is 1.89. The molecule has 3 heterocycles. The first kappa shape index (κ1) is 30.5. The van der Waals surface area contributed by atoms with E-state index in [1.54, 1.807) is 17.9 Å². The molecular formula is C27H39N7O6. The van der Waals surface area contributed by atoms with Crippen molar-refractivity contribution in [1.29, 1.82) is 0 Å². The average Bonchev–Trinajstić information content (AvgIpc) is 3.14. The van der Waals surface area contributed by atoms with Crippen LogP contribution in [-0.4, -0.2) is 95.1 Å². The van der Waals surface area contributed by atoms with E-state index in [2.05, 4.69) is 16.5 Å². The quantitative estimate of drug-likeness (QED) is 0.174. The summed E-state index contributed by atoms with van der Waals surface area (Å²) in [6.07, 6.45) is 7.82. The van der Waals surface area contributed by atoms with E-state index in [1.165, 1.54) is 4.90 Å². The lowest BCUT2D eigenvalue weighted by atomic mass is 10.1. The Morgan fingerprint density at radius 2 is 1.98 bits per heavy atom. The summed E-state index contributed by atoms with van der Waals surface area (Å²) < 4.78 is 10.9. The number of anilines is 2. The average molecular weight is 558 g/mol. The van der Waals surface area contributed by atoms with Gasteiger partial charge in [-0.2, -0.15) is 9.97 Å². The second kappa shape index (κ2) is 14.4. The number of amides is 1. The maximum atomic E-state index is 13.4. The molecule has 0 aromatic carbocycles. The van der Waals surface area contributed by atoms with Crippen molar-refractivity contribution < 1.29 is 24.0 Å². The molecule has 2 aliphatic rings. The molecule has 218 valence electrons. The van der Waals surface area contributed by atoms with Gasteiger partial charge in [0.1, 0.15) is 6.04 Å². The highest BCUT2D eigenvalue weighted by atomic mass is 16.6. The third-order valence-corrected chi connectivity index (χ3v) is 6.74. The third-order valence-electron chi connectivity index (χ3n) is 6.74. The molecule has 0 aliphatic carbocycles. The molecule has 0 radical (unpaired) electrons. The van der Waals surface area contributed by atoms with Crippen molar-refractivity contribution in [3.8, 4) is 6.01 Å². The topological polar surface area (TPSA) is 157 Å². The van der Waals surface area contributed by atoms with Crippen LogP contribution in [0, 0.1) is 10.1 Å². The van der Waals surface area contributed by atoms with Gasteiger partial charge in [-0.3, -0.25) is 19.8 Å². The minimum absolute atomic E-state index is 0.0257.